The molecule has 16 heavy (non-hydrogen) atoms. The summed E-state index contributed by atoms with van der Waals surface area (Å²) in [4.78, 5) is 1.99. The zero-order chi connectivity index (χ0) is 11.8. The fourth-order valence-electron chi connectivity index (χ4n) is 2.48. The van der Waals surface area contributed by atoms with Crippen molar-refractivity contribution in [2.45, 2.75) is 31.9 Å². The van der Waals surface area contributed by atoms with Gasteiger partial charge in [-0.3, -0.25) is 0 Å². The van der Waals surface area contributed by atoms with Gasteiger partial charge in [0.05, 0.1) is 5.92 Å². The van der Waals surface area contributed by atoms with Gasteiger partial charge in [-0.2, -0.15) is 25.8 Å². The molecule has 0 N–H and O–H groups in total. The third-order valence-corrected chi connectivity index (χ3v) is 4.49. The van der Waals surface area contributed by atoms with E-state index < -0.39 is 12.1 Å². The summed E-state index contributed by atoms with van der Waals surface area (Å²) in [6, 6.07) is 0. The summed E-state index contributed by atoms with van der Waals surface area (Å²) in [7, 11) is 0. The second-order valence-corrected chi connectivity index (χ2v) is 5.59. The Hall–Kier alpha value is 0.100. The first kappa shape index (κ1) is 12.6. The van der Waals surface area contributed by atoms with Crippen LogP contribution < -0.4 is 0 Å². The SMILES string of the molecule is FC(F)(F)C1CCCN(CC2(CS)CC2)C1. The molecule has 0 aromatic heterocycles. The number of hydrogen-bond acceptors (Lipinski definition) is 2. The standard InChI is InChI=1S/C11H18F3NS/c12-11(13,14)9-2-1-5-15(6-9)7-10(8-16)3-4-10/h9,16H,1-8H2. The zero-order valence-electron chi connectivity index (χ0n) is 9.26. The molecule has 0 aromatic carbocycles. The number of nitrogens with zero attached hydrogens (tertiary/aromatic N) is 1. The van der Waals surface area contributed by atoms with E-state index >= 15 is 0 Å². The van der Waals surface area contributed by atoms with Crippen molar-refractivity contribution in [3.05, 3.63) is 0 Å². The van der Waals surface area contributed by atoms with E-state index in [-0.39, 0.29) is 12.0 Å². The summed E-state index contributed by atoms with van der Waals surface area (Å²) < 4.78 is 37.8. The van der Waals surface area contributed by atoms with Crippen molar-refractivity contribution in [1.82, 2.24) is 4.90 Å². The first-order valence-electron chi connectivity index (χ1n) is 5.85. The number of piperidine rings is 1. The highest BCUT2D eigenvalue weighted by molar-refractivity contribution is 7.80. The fraction of sp³-hybridized carbons (Fsp3) is 1.00. The summed E-state index contributed by atoms with van der Waals surface area (Å²) in [5.41, 5.74) is 0.233. The smallest absolute Gasteiger partial charge is 0.302 e. The van der Waals surface area contributed by atoms with Gasteiger partial charge in [-0.15, -0.1) is 0 Å². The van der Waals surface area contributed by atoms with Gasteiger partial charge in [0.25, 0.3) is 0 Å². The van der Waals surface area contributed by atoms with E-state index in [0.29, 0.717) is 12.8 Å². The van der Waals surface area contributed by atoms with Crippen molar-refractivity contribution < 1.29 is 13.2 Å². The maximum absolute atomic E-state index is 12.6. The molecule has 1 aliphatic carbocycles. The van der Waals surface area contributed by atoms with Gasteiger partial charge in [0.15, 0.2) is 0 Å². The molecule has 2 aliphatic rings. The van der Waals surface area contributed by atoms with E-state index in [1.54, 1.807) is 0 Å². The highest BCUT2D eigenvalue weighted by Gasteiger charge is 2.46. The second kappa shape index (κ2) is 4.41. The molecule has 1 heterocycles. The summed E-state index contributed by atoms with van der Waals surface area (Å²) >= 11 is 4.29. The Labute approximate surface area is 99.8 Å². The van der Waals surface area contributed by atoms with Crippen molar-refractivity contribution in [3.8, 4) is 0 Å². The third kappa shape index (κ3) is 2.86. The Morgan fingerprint density at radius 3 is 2.50 bits per heavy atom. The maximum atomic E-state index is 12.6. The van der Waals surface area contributed by atoms with E-state index in [9.17, 15) is 13.2 Å². The van der Waals surface area contributed by atoms with Crippen molar-refractivity contribution in [1.29, 1.82) is 0 Å². The minimum atomic E-state index is -4.02. The molecule has 5 heteroatoms. The monoisotopic (exact) mass is 253 g/mol. The summed E-state index contributed by atoms with van der Waals surface area (Å²) in [5, 5.41) is 0. The highest BCUT2D eigenvalue weighted by Crippen LogP contribution is 2.47. The van der Waals surface area contributed by atoms with Gasteiger partial charge in [-0.05, 0) is 43.4 Å². The molecule has 1 unspecified atom stereocenters. The molecular formula is C11H18F3NS. The molecule has 0 radical (unpaired) electrons. The van der Waals surface area contributed by atoms with Crippen molar-refractivity contribution >= 4 is 12.6 Å². The average molecular weight is 253 g/mol. The van der Waals surface area contributed by atoms with Gasteiger partial charge >= 0.3 is 6.18 Å². The molecule has 2 fully saturated rings. The van der Waals surface area contributed by atoms with Crippen LogP contribution in [0.5, 0.6) is 0 Å². The second-order valence-electron chi connectivity index (χ2n) is 5.27. The molecule has 94 valence electrons. The number of rotatable bonds is 3. The molecule has 0 aromatic rings. The molecule has 1 nitrogen and oxygen atoms in total. The van der Waals surface area contributed by atoms with Gasteiger partial charge < -0.3 is 4.90 Å². The molecule has 1 saturated heterocycles. The van der Waals surface area contributed by atoms with E-state index in [1.165, 1.54) is 0 Å². The van der Waals surface area contributed by atoms with Crippen LogP contribution in [0.3, 0.4) is 0 Å². The Balaban J connectivity index is 1.87. The van der Waals surface area contributed by atoms with Crippen LogP contribution in [-0.2, 0) is 0 Å². The van der Waals surface area contributed by atoms with Crippen molar-refractivity contribution in [2.24, 2.45) is 11.3 Å². The number of alkyl halides is 3. The lowest BCUT2D eigenvalue weighted by Crippen LogP contribution is -2.44. The lowest BCUT2D eigenvalue weighted by atomic mass is 9.96. The van der Waals surface area contributed by atoms with Crippen molar-refractivity contribution in [3.63, 3.8) is 0 Å². The Morgan fingerprint density at radius 1 is 1.31 bits per heavy atom. The van der Waals surface area contributed by atoms with E-state index in [0.717, 1.165) is 31.7 Å². The van der Waals surface area contributed by atoms with Gasteiger partial charge in [0.1, 0.15) is 0 Å². The normalized spacial score (nSPS) is 30.4. The van der Waals surface area contributed by atoms with E-state index in [2.05, 4.69) is 12.6 Å². The predicted molar refractivity (Wildman–Crippen MR) is 60.7 cm³/mol. The van der Waals surface area contributed by atoms with Crippen molar-refractivity contribution in [2.75, 3.05) is 25.4 Å². The molecule has 0 spiro atoms. The lowest BCUT2D eigenvalue weighted by Gasteiger charge is -2.35. The van der Waals surface area contributed by atoms with Crippen LogP contribution in [0.4, 0.5) is 13.2 Å². The van der Waals surface area contributed by atoms with Gasteiger partial charge in [0, 0.05) is 13.1 Å². The third-order valence-electron chi connectivity index (χ3n) is 3.82. The summed E-state index contributed by atoms with van der Waals surface area (Å²) in [6.45, 7) is 1.82. The van der Waals surface area contributed by atoms with Crippen LogP contribution in [0, 0.1) is 11.3 Å². The molecule has 2 rings (SSSR count). The number of likely N-dealkylation sites (tertiary alicyclic amines) is 1. The van der Waals surface area contributed by atoms with Gasteiger partial charge in [-0.25, -0.2) is 0 Å². The Morgan fingerprint density at radius 2 is 2.00 bits per heavy atom. The molecule has 1 saturated carbocycles. The first-order chi connectivity index (χ1) is 7.45. The minimum absolute atomic E-state index is 0.193. The van der Waals surface area contributed by atoms with E-state index in [4.69, 9.17) is 0 Å². The number of halogens is 3. The van der Waals surface area contributed by atoms with Gasteiger partial charge in [0.2, 0.25) is 0 Å². The molecule has 0 bridgehead atoms. The Bertz CT molecular complexity index is 250. The maximum Gasteiger partial charge on any atom is 0.393 e. The molecular weight excluding hydrogens is 235 g/mol. The molecule has 1 aliphatic heterocycles. The number of hydrogen-bond donors (Lipinski definition) is 1. The Kier molecular flexibility index (Phi) is 3.46. The van der Waals surface area contributed by atoms with Crippen LogP contribution >= 0.6 is 12.6 Å². The predicted octanol–water partition coefficient (Wildman–Crippen LogP) is 2.97. The first-order valence-corrected chi connectivity index (χ1v) is 6.48. The zero-order valence-corrected chi connectivity index (χ0v) is 10.2. The number of thiol groups is 1. The summed E-state index contributed by atoms with van der Waals surface area (Å²) in [5.74, 6) is -0.308. The molecule has 0 amide bonds. The van der Waals surface area contributed by atoms with Crippen LogP contribution in [0.1, 0.15) is 25.7 Å². The fourth-order valence-corrected chi connectivity index (χ4v) is 2.90. The summed E-state index contributed by atoms with van der Waals surface area (Å²) in [6.07, 6.45) is -0.787. The van der Waals surface area contributed by atoms with E-state index in [1.807, 2.05) is 4.90 Å². The minimum Gasteiger partial charge on any atom is -0.302 e. The quantitative estimate of drug-likeness (QED) is 0.757. The lowest BCUT2D eigenvalue weighted by molar-refractivity contribution is -0.187. The van der Waals surface area contributed by atoms with Gasteiger partial charge in [-0.1, -0.05) is 0 Å². The van der Waals surface area contributed by atoms with Crippen LogP contribution in [-0.4, -0.2) is 36.5 Å². The average Bonchev–Trinajstić information content (AvgIpc) is 2.98. The largest absolute Gasteiger partial charge is 0.393 e. The van der Waals surface area contributed by atoms with Crippen LogP contribution in [0.2, 0.25) is 0 Å². The molecule has 1 atom stereocenters. The van der Waals surface area contributed by atoms with Crippen LogP contribution in [0.15, 0.2) is 0 Å². The highest BCUT2D eigenvalue weighted by atomic mass is 32.1. The topological polar surface area (TPSA) is 3.24 Å². The van der Waals surface area contributed by atoms with Crippen LogP contribution in [0.25, 0.3) is 0 Å².